The van der Waals surface area contributed by atoms with Crippen molar-refractivity contribution in [2.75, 3.05) is 13.1 Å². The molecule has 4 rings (SSSR count). The van der Waals surface area contributed by atoms with Crippen molar-refractivity contribution in [3.8, 4) is 22.6 Å². The van der Waals surface area contributed by atoms with E-state index in [-0.39, 0.29) is 0 Å². The lowest BCUT2D eigenvalue weighted by Crippen LogP contribution is -2.19. The molecule has 0 bridgehead atoms. The number of rotatable bonds is 3. The van der Waals surface area contributed by atoms with E-state index < -0.39 is 0 Å². The van der Waals surface area contributed by atoms with E-state index in [1.54, 1.807) is 12.1 Å². The lowest BCUT2D eigenvalue weighted by atomic mass is 10.1. The lowest BCUT2D eigenvalue weighted by Gasteiger charge is -2.02. The molecule has 24 heavy (non-hydrogen) atoms. The van der Waals surface area contributed by atoms with Gasteiger partial charge in [0.05, 0.1) is 16.6 Å². The first-order valence-corrected chi connectivity index (χ1v) is 8.27. The minimum absolute atomic E-state index is 0.493. The normalized spacial score (nSPS) is 13.7. The summed E-state index contributed by atoms with van der Waals surface area (Å²) < 4.78 is 5.47. The van der Waals surface area contributed by atoms with Crippen molar-refractivity contribution in [3.05, 3.63) is 64.1 Å². The summed E-state index contributed by atoms with van der Waals surface area (Å²) in [5.74, 6) is 1.64. The Kier molecular flexibility index (Phi) is 4.00. The second-order valence-electron chi connectivity index (χ2n) is 5.44. The van der Waals surface area contributed by atoms with E-state index >= 15 is 0 Å². The maximum absolute atomic E-state index is 6.06. The van der Waals surface area contributed by atoms with Crippen LogP contribution in [-0.2, 0) is 0 Å². The van der Waals surface area contributed by atoms with Gasteiger partial charge in [0.15, 0.2) is 5.76 Å². The van der Waals surface area contributed by atoms with E-state index in [2.05, 4.69) is 15.5 Å². The minimum atomic E-state index is 0.493. The Labute approximate surface area is 149 Å². The molecule has 1 aliphatic rings. The Morgan fingerprint density at radius 2 is 1.62 bits per heavy atom. The lowest BCUT2D eigenvalue weighted by molar-refractivity contribution is 0.435. The zero-order chi connectivity index (χ0) is 16.5. The fraction of sp³-hybridized carbons (Fsp3) is 0.111. The zero-order valence-electron chi connectivity index (χ0n) is 12.6. The molecule has 0 unspecified atom stereocenters. The van der Waals surface area contributed by atoms with Gasteiger partial charge < -0.3 is 9.84 Å². The van der Waals surface area contributed by atoms with Crippen LogP contribution >= 0.6 is 23.2 Å². The smallest absolute Gasteiger partial charge is 0.167 e. The van der Waals surface area contributed by atoms with Gasteiger partial charge in [-0.25, -0.2) is 0 Å². The first kappa shape index (κ1) is 15.2. The maximum atomic E-state index is 6.06. The van der Waals surface area contributed by atoms with Gasteiger partial charge in [-0.15, -0.1) is 0 Å². The van der Waals surface area contributed by atoms with Gasteiger partial charge in [-0.05, 0) is 12.1 Å². The molecule has 1 N–H and O–H groups in total. The Bertz CT molecular complexity index is 916. The molecule has 2 heterocycles. The highest BCUT2D eigenvalue weighted by Gasteiger charge is 2.12. The number of halogens is 2. The second kappa shape index (κ2) is 6.30. The van der Waals surface area contributed by atoms with Crippen LogP contribution in [0.25, 0.3) is 22.6 Å². The van der Waals surface area contributed by atoms with Gasteiger partial charge in [0.1, 0.15) is 11.5 Å². The number of nitrogens with one attached hydrogen (secondary N) is 1. The summed E-state index contributed by atoms with van der Waals surface area (Å²) in [5.41, 5.74) is 3.60. The number of aromatic nitrogens is 1. The third-order valence-electron chi connectivity index (χ3n) is 3.84. The molecule has 0 aliphatic carbocycles. The van der Waals surface area contributed by atoms with Crippen LogP contribution < -0.4 is 5.32 Å². The van der Waals surface area contributed by atoms with Crippen LogP contribution in [0.2, 0.25) is 10.0 Å². The monoisotopic (exact) mass is 357 g/mol. The second-order valence-corrected chi connectivity index (χ2v) is 6.25. The van der Waals surface area contributed by atoms with E-state index in [1.807, 2.05) is 36.4 Å². The molecule has 6 heteroatoms. The van der Waals surface area contributed by atoms with E-state index in [0.717, 1.165) is 41.3 Å². The van der Waals surface area contributed by atoms with E-state index in [1.165, 1.54) is 0 Å². The van der Waals surface area contributed by atoms with Crippen LogP contribution in [0.5, 0.6) is 0 Å². The predicted molar refractivity (Wildman–Crippen MR) is 96.8 cm³/mol. The first-order chi connectivity index (χ1) is 11.7. The van der Waals surface area contributed by atoms with Crippen molar-refractivity contribution in [2.45, 2.75) is 0 Å². The topological polar surface area (TPSA) is 50.4 Å². The third-order valence-corrected chi connectivity index (χ3v) is 4.58. The predicted octanol–water partition coefficient (Wildman–Crippen LogP) is 4.67. The van der Waals surface area contributed by atoms with Crippen LogP contribution in [-0.4, -0.2) is 24.1 Å². The Balaban J connectivity index is 1.61. The Morgan fingerprint density at radius 3 is 2.33 bits per heavy atom. The van der Waals surface area contributed by atoms with E-state index in [9.17, 15) is 0 Å². The van der Waals surface area contributed by atoms with Crippen molar-refractivity contribution >= 4 is 29.0 Å². The van der Waals surface area contributed by atoms with Crippen molar-refractivity contribution in [1.29, 1.82) is 0 Å². The SMILES string of the molecule is Clc1ccc(-c2cc(-c3ccc(C4=NCCN4)cc3)on2)cc1Cl. The molecular formula is C18H13Cl2N3O. The Morgan fingerprint density at radius 1 is 0.875 bits per heavy atom. The van der Waals surface area contributed by atoms with Crippen LogP contribution in [0.1, 0.15) is 5.56 Å². The van der Waals surface area contributed by atoms with E-state index in [0.29, 0.717) is 15.8 Å². The molecule has 120 valence electrons. The maximum Gasteiger partial charge on any atom is 0.167 e. The fourth-order valence-corrected chi connectivity index (χ4v) is 2.88. The fourth-order valence-electron chi connectivity index (χ4n) is 2.59. The standard InChI is InChI=1S/C18H13Cl2N3O/c19-14-6-5-13(9-15(14)20)16-10-17(24-23-16)11-1-3-12(4-2-11)18-21-7-8-22-18/h1-6,9-10H,7-8H2,(H,21,22). The van der Waals surface area contributed by atoms with Crippen LogP contribution in [0.3, 0.4) is 0 Å². The van der Waals surface area contributed by atoms with Crippen molar-refractivity contribution < 1.29 is 4.52 Å². The molecule has 0 saturated heterocycles. The summed E-state index contributed by atoms with van der Waals surface area (Å²) in [5, 5.41) is 8.39. The summed E-state index contributed by atoms with van der Waals surface area (Å²) in [4.78, 5) is 4.41. The third kappa shape index (κ3) is 2.90. The summed E-state index contributed by atoms with van der Waals surface area (Å²) in [6.45, 7) is 1.72. The molecule has 3 aromatic rings. The molecule has 0 amide bonds. The zero-order valence-corrected chi connectivity index (χ0v) is 14.1. The molecular weight excluding hydrogens is 345 g/mol. The van der Waals surface area contributed by atoms with Gasteiger partial charge in [-0.2, -0.15) is 0 Å². The minimum Gasteiger partial charge on any atom is -0.368 e. The summed E-state index contributed by atoms with van der Waals surface area (Å²) in [6.07, 6.45) is 0. The largest absolute Gasteiger partial charge is 0.368 e. The quantitative estimate of drug-likeness (QED) is 0.741. The molecule has 0 spiro atoms. The molecule has 0 atom stereocenters. The average molecular weight is 358 g/mol. The van der Waals surface area contributed by atoms with Crippen LogP contribution in [0.15, 0.2) is 58.0 Å². The summed E-state index contributed by atoms with van der Waals surface area (Å²) in [7, 11) is 0. The Hall–Kier alpha value is -2.30. The van der Waals surface area contributed by atoms with Crippen LogP contribution in [0, 0.1) is 0 Å². The van der Waals surface area contributed by atoms with Gasteiger partial charge >= 0.3 is 0 Å². The molecule has 0 radical (unpaired) electrons. The molecule has 0 fully saturated rings. The average Bonchev–Trinajstić information content (AvgIpc) is 3.29. The highest BCUT2D eigenvalue weighted by Crippen LogP contribution is 2.30. The number of hydrogen-bond acceptors (Lipinski definition) is 4. The number of amidine groups is 1. The molecule has 1 aromatic heterocycles. The number of hydrogen-bond donors (Lipinski definition) is 1. The highest BCUT2D eigenvalue weighted by atomic mass is 35.5. The van der Waals surface area contributed by atoms with Crippen molar-refractivity contribution in [3.63, 3.8) is 0 Å². The van der Waals surface area contributed by atoms with E-state index in [4.69, 9.17) is 27.7 Å². The summed E-state index contributed by atoms with van der Waals surface area (Å²) >= 11 is 12.0. The number of benzene rings is 2. The molecule has 0 saturated carbocycles. The van der Waals surface area contributed by atoms with Gasteiger partial charge in [0.2, 0.25) is 0 Å². The van der Waals surface area contributed by atoms with Gasteiger partial charge in [-0.3, -0.25) is 4.99 Å². The van der Waals surface area contributed by atoms with Crippen molar-refractivity contribution in [1.82, 2.24) is 10.5 Å². The number of aliphatic imine (C=N–C) groups is 1. The summed E-state index contributed by atoms with van der Waals surface area (Å²) in [6, 6.07) is 15.3. The van der Waals surface area contributed by atoms with Gasteiger partial charge in [0, 0.05) is 29.3 Å². The highest BCUT2D eigenvalue weighted by molar-refractivity contribution is 6.42. The molecule has 4 nitrogen and oxygen atoms in total. The van der Waals surface area contributed by atoms with Gasteiger partial charge in [0.25, 0.3) is 0 Å². The van der Waals surface area contributed by atoms with Gasteiger partial charge in [-0.1, -0.05) is 58.7 Å². The van der Waals surface area contributed by atoms with Crippen LogP contribution in [0.4, 0.5) is 0 Å². The van der Waals surface area contributed by atoms with Crippen molar-refractivity contribution in [2.24, 2.45) is 4.99 Å². The molecule has 2 aromatic carbocycles. The first-order valence-electron chi connectivity index (χ1n) is 7.52. The number of nitrogens with zero attached hydrogens (tertiary/aromatic N) is 2. The molecule has 1 aliphatic heterocycles.